The summed E-state index contributed by atoms with van der Waals surface area (Å²) in [6, 6.07) is 10.2. The highest BCUT2D eigenvalue weighted by Crippen LogP contribution is 2.25. The van der Waals surface area contributed by atoms with Gasteiger partial charge in [-0.25, -0.2) is 4.98 Å². The van der Waals surface area contributed by atoms with Crippen LogP contribution in [-0.4, -0.2) is 84.5 Å². The van der Waals surface area contributed by atoms with E-state index in [9.17, 15) is 9.59 Å². The maximum Gasteiger partial charge on any atom is 0.228 e. The molecule has 0 bridgehead atoms. The van der Waals surface area contributed by atoms with Gasteiger partial charge in [0.25, 0.3) is 0 Å². The number of aromatic nitrogens is 1. The van der Waals surface area contributed by atoms with Crippen LogP contribution in [-0.2, 0) is 20.9 Å². The zero-order valence-electron chi connectivity index (χ0n) is 17.3. The summed E-state index contributed by atoms with van der Waals surface area (Å²) in [6.07, 6.45) is 0.323. The number of methoxy groups -OCH3 is 1. The second-order valence-corrected chi connectivity index (χ2v) is 8.70. The van der Waals surface area contributed by atoms with Crippen molar-refractivity contribution in [3.05, 3.63) is 41.4 Å². The number of amides is 2. The van der Waals surface area contributed by atoms with Gasteiger partial charge in [0.1, 0.15) is 5.01 Å². The summed E-state index contributed by atoms with van der Waals surface area (Å²) in [5.74, 6) is -0.0439. The Balaban J connectivity index is 1.26. The quantitative estimate of drug-likeness (QED) is 0.674. The van der Waals surface area contributed by atoms with Crippen molar-refractivity contribution in [3.63, 3.8) is 0 Å². The van der Waals surface area contributed by atoms with E-state index in [1.165, 1.54) is 0 Å². The largest absolute Gasteiger partial charge is 0.383 e. The lowest BCUT2D eigenvalue weighted by molar-refractivity contribution is -0.137. The molecule has 7 nitrogen and oxygen atoms in total. The molecule has 4 rings (SSSR count). The molecule has 2 amide bonds. The maximum absolute atomic E-state index is 12.9. The molecular formula is C22H28N4O3S. The zero-order chi connectivity index (χ0) is 20.9. The topological polar surface area (TPSA) is 66.0 Å². The van der Waals surface area contributed by atoms with Gasteiger partial charge in [-0.05, 0) is 0 Å². The number of benzene rings is 1. The normalized spacial score (nSPS) is 20.2. The summed E-state index contributed by atoms with van der Waals surface area (Å²) < 4.78 is 5.05. The molecule has 3 heterocycles. The Morgan fingerprint density at radius 2 is 1.97 bits per heavy atom. The molecule has 1 aromatic carbocycles. The van der Waals surface area contributed by atoms with E-state index in [4.69, 9.17) is 9.72 Å². The van der Waals surface area contributed by atoms with E-state index in [0.29, 0.717) is 39.2 Å². The SMILES string of the molecule is COCCN1CC(C(=O)N2CCN(Cc3csc(-c4ccccc4)n3)CC2)CC1=O. The van der Waals surface area contributed by atoms with E-state index >= 15 is 0 Å². The van der Waals surface area contributed by atoms with Crippen molar-refractivity contribution in [1.29, 1.82) is 0 Å². The molecule has 0 saturated carbocycles. The summed E-state index contributed by atoms with van der Waals surface area (Å²) in [4.78, 5) is 35.8. The molecule has 1 unspecified atom stereocenters. The van der Waals surface area contributed by atoms with Crippen molar-refractivity contribution in [2.45, 2.75) is 13.0 Å². The Labute approximate surface area is 181 Å². The smallest absolute Gasteiger partial charge is 0.228 e. The number of piperazine rings is 1. The predicted octanol–water partition coefficient (Wildman–Crippen LogP) is 1.95. The van der Waals surface area contributed by atoms with Crippen LogP contribution in [0.4, 0.5) is 0 Å². The highest BCUT2D eigenvalue weighted by atomic mass is 32.1. The predicted molar refractivity (Wildman–Crippen MR) is 116 cm³/mol. The fourth-order valence-electron chi connectivity index (χ4n) is 4.06. The number of hydrogen-bond acceptors (Lipinski definition) is 6. The van der Waals surface area contributed by atoms with Gasteiger partial charge in [0, 0.05) is 70.3 Å². The summed E-state index contributed by atoms with van der Waals surface area (Å²) in [5, 5.41) is 3.17. The molecule has 1 atom stereocenters. The van der Waals surface area contributed by atoms with Gasteiger partial charge in [-0.1, -0.05) is 30.3 Å². The highest BCUT2D eigenvalue weighted by Gasteiger charge is 2.37. The van der Waals surface area contributed by atoms with Crippen LogP contribution in [0.25, 0.3) is 10.6 Å². The summed E-state index contributed by atoms with van der Waals surface area (Å²) >= 11 is 1.67. The Hall–Kier alpha value is -2.29. The van der Waals surface area contributed by atoms with Gasteiger partial charge in [-0.15, -0.1) is 11.3 Å². The number of hydrogen-bond donors (Lipinski definition) is 0. The first-order valence-electron chi connectivity index (χ1n) is 10.4. The number of ether oxygens (including phenoxy) is 1. The number of nitrogens with zero attached hydrogens (tertiary/aromatic N) is 4. The van der Waals surface area contributed by atoms with Crippen molar-refractivity contribution < 1.29 is 14.3 Å². The molecule has 0 aliphatic carbocycles. The number of rotatable bonds is 7. The number of thiazole rings is 1. The highest BCUT2D eigenvalue weighted by molar-refractivity contribution is 7.13. The van der Waals surface area contributed by atoms with E-state index in [0.717, 1.165) is 35.9 Å². The van der Waals surface area contributed by atoms with Crippen molar-refractivity contribution >= 4 is 23.2 Å². The van der Waals surface area contributed by atoms with Crippen LogP contribution in [0.15, 0.2) is 35.7 Å². The van der Waals surface area contributed by atoms with Crippen LogP contribution in [0.5, 0.6) is 0 Å². The van der Waals surface area contributed by atoms with Gasteiger partial charge in [0.15, 0.2) is 0 Å². The Morgan fingerprint density at radius 3 is 2.70 bits per heavy atom. The van der Waals surface area contributed by atoms with E-state index < -0.39 is 0 Å². The van der Waals surface area contributed by atoms with E-state index in [1.54, 1.807) is 23.3 Å². The number of likely N-dealkylation sites (tertiary alicyclic amines) is 1. The van der Waals surface area contributed by atoms with Crippen LogP contribution in [0.2, 0.25) is 0 Å². The number of carbonyl (C=O) groups is 2. The standard InChI is InChI=1S/C22H28N4O3S/c1-29-12-11-26-14-18(13-20(26)27)22(28)25-9-7-24(8-10-25)15-19-16-30-21(23-19)17-5-3-2-4-6-17/h2-6,16,18H,7-15H2,1H3. The van der Waals surface area contributed by atoms with Crippen LogP contribution >= 0.6 is 11.3 Å². The van der Waals surface area contributed by atoms with Crippen LogP contribution in [0, 0.1) is 5.92 Å². The van der Waals surface area contributed by atoms with Gasteiger partial charge in [0.2, 0.25) is 11.8 Å². The first kappa shape index (κ1) is 21.0. The first-order chi connectivity index (χ1) is 14.6. The average Bonchev–Trinajstić information content (AvgIpc) is 3.39. The lowest BCUT2D eigenvalue weighted by atomic mass is 10.1. The van der Waals surface area contributed by atoms with Crippen LogP contribution in [0.3, 0.4) is 0 Å². The monoisotopic (exact) mass is 428 g/mol. The van der Waals surface area contributed by atoms with E-state index in [1.807, 2.05) is 23.1 Å². The fourth-order valence-corrected chi connectivity index (χ4v) is 4.88. The molecule has 0 spiro atoms. The summed E-state index contributed by atoms with van der Waals surface area (Å²) in [5.41, 5.74) is 2.23. The molecule has 8 heteroatoms. The molecule has 2 aliphatic heterocycles. The van der Waals surface area contributed by atoms with Crippen LogP contribution < -0.4 is 0 Å². The minimum atomic E-state index is -0.215. The molecule has 30 heavy (non-hydrogen) atoms. The number of carbonyl (C=O) groups excluding carboxylic acids is 2. The molecule has 2 saturated heterocycles. The average molecular weight is 429 g/mol. The summed E-state index contributed by atoms with van der Waals surface area (Å²) in [6.45, 7) is 5.46. The van der Waals surface area contributed by atoms with Crippen molar-refractivity contribution in [3.8, 4) is 10.6 Å². The Kier molecular flexibility index (Phi) is 6.76. The molecule has 2 fully saturated rings. The molecular weight excluding hydrogens is 400 g/mol. The van der Waals surface area contributed by atoms with Crippen molar-refractivity contribution in [1.82, 2.24) is 19.7 Å². The Morgan fingerprint density at radius 1 is 1.20 bits per heavy atom. The first-order valence-corrected chi connectivity index (χ1v) is 11.3. The fraction of sp³-hybridized carbons (Fsp3) is 0.500. The van der Waals surface area contributed by atoms with E-state index in [-0.39, 0.29) is 17.7 Å². The molecule has 2 aliphatic rings. The minimum Gasteiger partial charge on any atom is -0.383 e. The lowest BCUT2D eigenvalue weighted by Crippen LogP contribution is -2.50. The zero-order valence-corrected chi connectivity index (χ0v) is 18.1. The Bertz CT molecular complexity index is 864. The van der Waals surface area contributed by atoms with Crippen molar-refractivity contribution in [2.75, 3.05) is 53.0 Å². The van der Waals surface area contributed by atoms with Gasteiger partial charge >= 0.3 is 0 Å². The molecule has 160 valence electrons. The third-order valence-electron chi connectivity index (χ3n) is 5.77. The van der Waals surface area contributed by atoms with Crippen LogP contribution in [0.1, 0.15) is 12.1 Å². The van der Waals surface area contributed by atoms with Gasteiger partial charge in [-0.2, -0.15) is 0 Å². The van der Waals surface area contributed by atoms with Crippen molar-refractivity contribution in [2.24, 2.45) is 5.92 Å². The van der Waals surface area contributed by atoms with E-state index in [2.05, 4.69) is 22.4 Å². The molecule has 0 N–H and O–H groups in total. The van der Waals surface area contributed by atoms with Gasteiger partial charge < -0.3 is 14.5 Å². The third kappa shape index (κ3) is 4.88. The minimum absolute atomic E-state index is 0.0572. The maximum atomic E-state index is 12.9. The molecule has 2 aromatic rings. The second-order valence-electron chi connectivity index (χ2n) is 7.85. The summed E-state index contributed by atoms with van der Waals surface area (Å²) in [7, 11) is 1.62. The molecule has 0 radical (unpaired) electrons. The third-order valence-corrected chi connectivity index (χ3v) is 6.71. The lowest BCUT2D eigenvalue weighted by Gasteiger charge is -2.35. The van der Waals surface area contributed by atoms with Gasteiger partial charge in [0.05, 0.1) is 18.2 Å². The molecule has 1 aromatic heterocycles. The second kappa shape index (κ2) is 9.68. The van der Waals surface area contributed by atoms with Gasteiger partial charge in [-0.3, -0.25) is 14.5 Å².